The Morgan fingerprint density at radius 3 is 2.17 bits per heavy atom. The molecular weight excluding hydrogens is 553 g/mol. The van der Waals surface area contributed by atoms with Gasteiger partial charge in [0.2, 0.25) is 0 Å². The summed E-state index contributed by atoms with van der Waals surface area (Å²) in [7, 11) is 0. The Morgan fingerprint density at radius 2 is 1.48 bits per heavy atom. The Balaban J connectivity index is 1.58. The number of rotatable bonds is 11. The summed E-state index contributed by atoms with van der Waals surface area (Å²) in [4.78, 5) is 36.6. The van der Waals surface area contributed by atoms with Crippen molar-refractivity contribution in [1.82, 2.24) is 5.32 Å². The standard InChI is InChI=1S/C31H25F3N2O6/c32-31(33,34)42-26-11-5-8-22(19-26)28(36-24-10-4-9-23(18-24)29(39)35-17-16-27(37)38)30(40)41-25-14-12-21(13-15-25)20-6-2-1-3-7-20/h1-15,18-19,28,36H,16-17H2,(H,35,39)(H,37,38). The normalized spacial score (nSPS) is 11.7. The van der Waals surface area contributed by atoms with Gasteiger partial charge in [-0.15, -0.1) is 13.2 Å². The largest absolute Gasteiger partial charge is 0.573 e. The number of aliphatic carboxylic acids is 1. The molecule has 0 bridgehead atoms. The quantitative estimate of drug-likeness (QED) is 0.143. The number of carbonyl (C=O) groups is 3. The van der Waals surface area contributed by atoms with Gasteiger partial charge in [0.25, 0.3) is 5.91 Å². The van der Waals surface area contributed by atoms with Gasteiger partial charge in [0.15, 0.2) is 6.04 Å². The van der Waals surface area contributed by atoms with Gasteiger partial charge in [-0.05, 0) is 59.2 Å². The maximum Gasteiger partial charge on any atom is 0.573 e. The van der Waals surface area contributed by atoms with Crippen LogP contribution in [0.4, 0.5) is 18.9 Å². The Hall–Kier alpha value is -5.32. The van der Waals surface area contributed by atoms with E-state index in [1.54, 1.807) is 30.3 Å². The van der Waals surface area contributed by atoms with Crippen LogP contribution in [0.15, 0.2) is 103 Å². The maximum atomic E-state index is 13.4. The SMILES string of the molecule is O=C(O)CCNC(=O)c1cccc(NC(C(=O)Oc2ccc(-c3ccccc3)cc2)c2cccc(OC(F)(F)F)c2)c1. The van der Waals surface area contributed by atoms with Gasteiger partial charge in [-0.3, -0.25) is 9.59 Å². The minimum Gasteiger partial charge on any atom is -0.481 e. The minimum absolute atomic E-state index is 0.0875. The second kappa shape index (κ2) is 13.4. The fraction of sp³-hybridized carbons (Fsp3) is 0.129. The lowest BCUT2D eigenvalue weighted by molar-refractivity contribution is -0.274. The van der Waals surface area contributed by atoms with Crippen LogP contribution in [0.2, 0.25) is 0 Å². The fourth-order valence-corrected chi connectivity index (χ4v) is 3.99. The summed E-state index contributed by atoms with van der Waals surface area (Å²) in [5, 5.41) is 14.2. The molecule has 0 aliphatic carbocycles. The third-order valence-corrected chi connectivity index (χ3v) is 5.90. The zero-order valence-electron chi connectivity index (χ0n) is 21.9. The van der Waals surface area contributed by atoms with Gasteiger partial charge in [0, 0.05) is 17.8 Å². The van der Waals surface area contributed by atoms with Gasteiger partial charge in [-0.25, -0.2) is 4.79 Å². The summed E-state index contributed by atoms with van der Waals surface area (Å²) in [6.45, 7) is -0.0875. The number of hydrogen-bond acceptors (Lipinski definition) is 6. The number of hydrogen-bond donors (Lipinski definition) is 3. The van der Waals surface area contributed by atoms with E-state index in [2.05, 4.69) is 15.4 Å². The Morgan fingerprint density at radius 1 is 0.786 bits per heavy atom. The van der Waals surface area contributed by atoms with Gasteiger partial charge < -0.3 is 25.2 Å². The molecule has 0 spiro atoms. The van der Waals surface area contributed by atoms with Crippen LogP contribution in [0.5, 0.6) is 11.5 Å². The minimum atomic E-state index is -4.94. The molecule has 1 unspecified atom stereocenters. The molecule has 0 saturated carbocycles. The fourth-order valence-electron chi connectivity index (χ4n) is 3.99. The number of carboxylic acid groups (broad SMARTS) is 1. The molecule has 0 fully saturated rings. The molecule has 4 rings (SSSR count). The molecule has 0 saturated heterocycles. The van der Waals surface area contributed by atoms with Crippen LogP contribution in [0, 0.1) is 0 Å². The lowest BCUT2D eigenvalue weighted by Crippen LogP contribution is -2.27. The molecule has 42 heavy (non-hydrogen) atoms. The maximum absolute atomic E-state index is 13.4. The summed E-state index contributed by atoms with van der Waals surface area (Å²) in [5.41, 5.74) is 2.41. The number of anilines is 1. The first-order valence-electron chi connectivity index (χ1n) is 12.7. The summed E-state index contributed by atoms with van der Waals surface area (Å²) in [5.74, 6) is -2.77. The predicted octanol–water partition coefficient (Wildman–Crippen LogP) is 6.22. The van der Waals surface area contributed by atoms with E-state index >= 15 is 0 Å². The van der Waals surface area contributed by atoms with E-state index in [9.17, 15) is 27.6 Å². The predicted molar refractivity (Wildman–Crippen MR) is 148 cm³/mol. The first kappa shape index (κ1) is 29.7. The monoisotopic (exact) mass is 578 g/mol. The van der Waals surface area contributed by atoms with Crippen LogP contribution < -0.4 is 20.1 Å². The smallest absolute Gasteiger partial charge is 0.481 e. The summed E-state index contributed by atoms with van der Waals surface area (Å²) >= 11 is 0. The number of ether oxygens (including phenoxy) is 2. The van der Waals surface area contributed by atoms with Crippen molar-refractivity contribution in [2.24, 2.45) is 0 Å². The number of benzene rings is 4. The lowest BCUT2D eigenvalue weighted by Gasteiger charge is -2.20. The summed E-state index contributed by atoms with van der Waals surface area (Å²) in [6, 6.07) is 25.9. The molecule has 0 aromatic heterocycles. The van der Waals surface area contributed by atoms with E-state index in [1.807, 2.05) is 30.3 Å². The van der Waals surface area contributed by atoms with Crippen molar-refractivity contribution in [2.75, 3.05) is 11.9 Å². The highest BCUT2D eigenvalue weighted by molar-refractivity contribution is 5.95. The van der Waals surface area contributed by atoms with Crippen molar-refractivity contribution in [2.45, 2.75) is 18.8 Å². The number of nitrogens with one attached hydrogen (secondary N) is 2. The highest BCUT2D eigenvalue weighted by atomic mass is 19.4. The van der Waals surface area contributed by atoms with E-state index in [0.717, 1.165) is 23.3 Å². The molecule has 1 atom stereocenters. The highest BCUT2D eigenvalue weighted by Gasteiger charge is 2.32. The Bertz CT molecular complexity index is 1540. The van der Waals surface area contributed by atoms with E-state index in [4.69, 9.17) is 9.84 Å². The van der Waals surface area contributed by atoms with Crippen LogP contribution in [-0.2, 0) is 9.59 Å². The van der Waals surface area contributed by atoms with Crippen molar-refractivity contribution < 1.29 is 42.1 Å². The van der Waals surface area contributed by atoms with E-state index in [-0.39, 0.29) is 35.5 Å². The van der Waals surface area contributed by atoms with Crippen molar-refractivity contribution in [1.29, 1.82) is 0 Å². The molecule has 8 nitrogen and oxygen atoms in total. The average molecular weight is 579 g/mol. The average Bonchev–Trinajstić information content (AvgIpc) is 2.96. The summed E-state index contributed by atoms with van der Waals surface area (Å²) in [6.07, 6.45) is -5.20. The first-order chi connectivity index (χ1) is 20.1. The van der Waals surface area contributed by atoms with Crippen LogP contribution in [0.3, 0.4) is 0 Å². The highest BCUT2D eigenvalue weighted by Crippen LogP contribution is 2.29. The van der Waals surface area contributed by atoms with Gasteiger partial charge >= 0.3 is 18.3 Å². The Labute approximate surface area is 238 Å². The van der Waals surface area contributed by atoms with E-state index < -0.39 is 36.0 Å². The van der Waals surface area contributed by atoms with Gasteiger partial charge in [0.05, 0.1) is 6.42 Å². The second-order valence-corrected chi connectivity index (χ2v) is 8.99. The molecule has 3 N–H and O–H groups in total. The van der Waals surface area contributed by atoms with Crippen molar-refractivity contribution >= 4 is 23.5 Å². The van der Waals surface area contributed by atoms with Crippen molar-refractivity contribution in [3.05, 3.63) is 114 Å². The van der Waals surface area contributed by atoms with Gasteiger partial charge in [-0.2, -0.15) is 0 Å². The molecule has 0 aliphatic rings. The van der Waals surface area contributed by atoms with Crippen LogP contribution >= 0.6 is 0 Å². The number of carbonyl (C=O) groups excluding carboxylic acids is 2. The number of alkyl halides is 3. The van der Waals surface area contributed by atoms with E-state index in [0.29, 0.717) is 0 Å². The molecule has 1 amide bonds. The van der Waals surface area contributed by atoms with Gasteiger partial charge in [-0.1, -0.05) is 60.7 Å². The molecule has 4 aromatic carbocycles. The first-order valence-corrected chi connectivity index (χ1v) is 12.7. The molecule has 11 heteroatoms. The number of halogens is 3. The van der Waals surface area contributed by atoms with E-state index in [1.165, 1.54) is 30.3 Å². The van der Waals surface area contributed by atoms with Crippen LogP contribution in [0.1, 0.15) is 28.4 Å². The molecule has 0 heterocycles. The van der Waals surface area contributed by atoms with Crippen molar-refractivity contribution in [3.63, 3.8) is 0 Å². The van der Waals surface area contributed by atoms with Gasteiger partial charge in [0.1, 0.15) is 11.5 Å². The zero-order chi connectivity index (χ0) is 30.1. The topological polar surface area (TPSA) is 114 Å². The molecular formula is C31H25F3N2O6. The number of amides is 1. The van der Waals surface area contributed by atoms with Crippen LogP contribution in [0.25, 0.3) is 11.1 Å². The summed E-state index contributed by atoms with van der Waals surface area (Å²) < 4.78 is 48.2. The molecule has 0 aliphatic heterocycles. The Kier molecular flexibility index (Phi) is 9.43. The molecule has 0 radical (unpaired) electrons. The zero-order valence-corrected chi connectivity index (χ0v) is 21.9. The lowest BCUT2D eigenvalue weighted by atomic mass is 10.0. The van der Waals surface area contributed by atoms with Crippen LogP contribution in [-0.4, -0.2) is 35.9 Å². The third-order valence-electron chi connectivity index (χ3n) is 5.90. The third kappa shape index (κ3) is 8.59. The number of carboxylic acids is 1. The second-order valence-electron chi connectivity index (χ2n) is 8.99. The van der Waals surface area contributed by atoms with Crippen molar-refractivity contribution in [3.8, 4) is 22.6 Å². The number of esters is 1. The molecule has 216 valence electrons. The molecule has 4 aromatic rings.